The Morgan fingerprint density at radius 3 is 2.55 bits per heavy atom. The van der Waals surface area contributed by atoms with E-state index in [4.69, 9.17) is 4.74 Å². The Hall–Kier alpha value is -3.04. The molecule has 2 saturated heterocycles. The number of aryl methyl sites for hydroxylation is 1. The van der Waals surface area contributed by atoms with E-state index in [0.29, 0.717) is 12.0 Å². The molecule has 0 amide bonds. The quantitative estimate of drug-likeness (QED) is 0.631. The number of halogens is 2. The van der Waals surface area contributed by atoms with Crippen LogP contribution in [-0.4, -0.2) is 65.1 Å². The average molecular weight is 455 g/mol. The number of hydrogen-bond acceptors (Lipinski definition) is 6. The maximum atomic E-state index is 13.5. The average Bonchev–Trinajstić information content (AvgIpc) is 3.27. The van der Waals surface area contributed by atoms with E-state index in [0.717, 1.165) is 63.1 Å². The molecule has 5 rings (SSSR count). The smallest absolute Gasteiger partial charge is 0.246 e. The first kappa shape index (κ1) is 21.8. The van der Waals surface area contributed by atoms with Crippen LogP contribution in [0.1, 0.15) is 18.4 Å². The number of ether oxygens (including phenoxy) is 1. The third kappa shape index (κ3) is 5.15. The highest BCUT2D eigenvalue weighted by Gasteiger charge is 2.27. The van der Waals surface area contributed by atoms with Crippen molar-refractivity contribution in [2.24, 2.45) is 0 Å². The SMILES string of the molecule is Cc1cc(Nc2ncn(-c3cc(F)cc(F)c3)n2)cc(N2CCCC(N3CCOCC3)C2)c1. The van der Waals surface area contributed by atoms with Gasteiger partial charge in [-0.1, -0.05) is 0 Å². The van der Waals surface area contributed by atoms with Gasteiger partial charge < -0.3 is 15.0 Å². The summed E-state index contributed by atoms with van der Waals surface area (Å²) in [6, 6.07) is 10.2. The van der Waals surface area contributed by atoms with Crippen molar-refractivity contribution in [3.05, 3.63) is 59.9 Å². The minimum Gasteiger partial charge on any atom is -0.379 e. The second-order valence-electron chi connectivity index (χ2n) is 8.71. The molecular formula is C24H28F2N6O. The predicted molar refractivity (Wildman–Crippen MR) is 123 cm³/mol. The second kappa shape index (κ2) is 9.44. The van der Waals surface area contributed by atoms with Gasteiger partial charge >= 0.3 is 0 Å². The van der Waals surface area contributed by atoms with E-state index in [-0.39, 0.29) is 5.69 Å². The van der Waals surface area contributed by atoms with Crippen LogP contribution in [0.2, 0.25) is 0 Å². The first-order valence-corrected chi connectivity index (χ1v) is 11.4. The van der Waals surface area contributed by atoms with Crippen molar-refractivity contribution in [1.82, 2.24) is 19.7 Å². The number of benzene rings is 2. The van der Waals surface area contributed by atoms with E-state index in [1.807, 2.05) is 6.07 Å². The third-order valence-electron chi connectivity index (χ3n) is 6.25. The number of hydrogen-bond donors (Lipinski definition) is 1. The van der Waals surface area contributed by atoms with E-state index < -0.39 is 11.6 Å². The minimum absolute atomic E-state index is 0.278. The fourth-order valence-corrected chi connectivity index (χ4v) is 4.69. The molecule has 2 aromatic carbocycles. The molecule has 3 aromatic rings. The molecule has 0 saturated carbocycles. The van der Waals surface area contributed by atoms with Crippen molar-refractivity contribution in [3.8, 4) is 5.69 Å². The molecule has 174 valence electrons. The first-order valence-electron chi connectivity index (χ1n) is 11.4. The zero-order valence-electron chi connectivity index (χ0n) is 18.7. The maximum absolute atomic E-state index is 13.5. The molecule has 0 aliphatic carbocycles. The van der Waals surface area contributed by atoms with Crippen LogP contribution in [-0.2, 0) is 4.74 Å². The van der Waals surface area contributed by atoms with Crippen LogP contribution in [0.3, 0.4) is 0 Å². The fraction of sp³-hybridized carbons (Fsp3) is 0.417. The molecule has 0 radical (unpaired) electrons. The number of nitrogens with one attached hydrogen (secondary N) is 1. The van der Waals surface area contributed by atoms with E-state index in [1.54, 1.807) is 0 Å². The van der Waals surface area contributed by atoms with Gasteiger partial charge in [0.2, 0.25) is 5.95 Å². The monoisotopic (exact) mass is 454 g/mol. The molecule has 1 N–H and O–H groups in total. The molecule has 33 heavy (non-hydrogen) atoms. The maximum Gasteiger partial charge on any atom is 0.246 e. The fourth-order valence-electron chi connectivity index (χ4n) is 4.69. The van der Waals surface area contributed by atoms with Gasteiger partial charge in [-0.05, 0) is 55.7 Å². The zero-order chi connectivity index (χ0) is 22.8. The van der Waals surface area contributed by atoms with E-state index in [2.05, 4.69) is 44.3 Å². The highest BCUT2D eigenvalue weighted by atomic mass is 19.1. The Morgan fingerprint density at radius 1 is 0.970 bits per heavy atom. The molecule has 3 heterocycles. The van der Waals surface area contributed by atoms with Crippen molar-refractivity contribution in [2.75, 3.05) is 49.6 Å². The van der Waals surface area contributed by atoms with Crippen molar-refractivity contribution in [2.45, 2.75) is 25.8 Å². The summed E-state index contributed by atoms with van der Waals surface area (Å²) in [5.41, 5.74) is 3.46. The Bertz CT molecular complexity index is 1090. The summed E-state index contributed by atoms with van der Waals surface area (Å²) in [5.74, 6) is -0.952. The Morgan fingerprint density at radius 2 is 1.76 bits per heavy atom. The van der Waals surface area contributed by atoms with Crippen LogP contribution in [0.4, 0.5) is 26.1 Å². The van der Waals surface area contributed by atoms with Crippen LogP contribution in [0, 0.1) is 18.6 Å². The summed E-state index contributed by atoms with van der Waals surface area (Å²) in [7, 11) is 0. The number of rotatable bonds is 5. The van der Waals surface area contributed by atoms with Crippen molar-refractivity contribution in [3.63, 3.8) is 0 Å². The summed E-state index contributed by atoms with van der Waals surface area (Å²) in [4.78, 5) is 9.26. The topological polar surface area (TPSA) is 58.5 Å². The Balaban J connectivity index is 1.31. The van der Waals surface area contributed by atoms with Gasteiger partial charge in [-0.25, -0.2) is 13.5 Å². The third-order valence-corrected chi connectivity index (χ3v) is 6.25. The molecule has 0 spiro atoms. The van der Waals surface area contributed by atoms with Gasteiger partial charge in [-0.3, -0.25) is 4.90 Å². The summed E-state index contributed by atoms with van der Waals surface area (Å²) >= 11 is 0. The minimum atomic E-state index is -0.657. The summed E-state index contributed by atoms with van der Waals surface area (Å²) in [5, 5.41) is 7.57. The number of piperidine rings is 1. The lowest BCUT2D eigenvalue weighted by Gasteiger charge is -2.41. The summed E-state index contributed by atoms with van der Waals surface area (Å²) < 4.78 is 34.0. The number of morpholine rings is 1. The predicted octanol–water partition coefficient (Wildman–Crippen LogP) is 3.90. The lowest BCUT2D eigenvalue weighted by Crippen LogP contribution is -2.51. The van der Waals surface area contributed by atoms with Crippen LogP contribution in [0.15, 0.2) is 42.7 Å². The molecule has 9 heteroatoms. The number of anilines is 3. The molecule has 1 atom stereocenters. The first-order chi connectivity index (χ1) is 16.0. The molecule has 1 unspecified atom stereocenters. The van der Waals surface area contributed by atoms with Gasteiger partial charge in [0.25, 0.3) is 0 Å². The van der Waals surface area contributed by atoms with Crippen LogP contribution in [0.5, 0.6) is 0 Å². The van der Waals surface area contributed by atoms with Crippen molar-refractivity contribution < 1.29 is 13.5 Å². The van der Waals surface area contributed by atoms with E-state index in [1.165, 1.54) is 35.3 Å². The van der Waals surface area contributed by atoms with Gasteiger partial charge in [0, 0.05) is 49.7 Å². The molecular weight excluding hydrogens is 426 g/mol. The molecule has 2 aliphatic heterocycles. The van der Waals surface area contributed by atoms with Crippen molar-refractivity contribution in [1.29, 1.82) is 0 Å². The van der Waals surface area contributed by atoms with Crippen LogP contribution >= 0.6 is 0 Å². The zero-order valence-corrected chi connectivity index (χ0v) is 18.7. The van der Waals surface area contributed by atoms with E-state index in [9.17, 15) is 8.78 Å². The van der Waals surface area contributed by atoms with Gasteiger partial charge in [-0.15, -0.1) is 5.10 Å². The highest BCUT2D eigenvalue weighted by Crippen LogP contribution is 2.28. The summed E-state index contributed by atoms with van der Waals surface area (Å²) in [6.07, 6.45) is 3.81. The molecule has 7 nitrogen and oxygen atoms in total. The molecule has 1 aromatic heterocycles. The Labute approximate surface area is 192 Å². The normalized spacial score (nSPS) is 19.6. The molecule has 2 fully saturated rings. The highest BCUT2D eigenvalue weighted by molar-refractivity contribution is 5.64. The standard InChI is InChI=1S/C24H28F2N6O/c1-17-9-20(28-24-27-16-32(29-24)23-12-18(25)11-19(26)13-23)14-22(10-17)31-4-2-3-21(15-31)30-5-7-33-8-6-30/h9-14,16,21H,2-8,15H2,1H3,(H,28,29). The van der Waals surface area contributed by atoms with E-state index >= 15 is 0 Å². The number of aromatic nitrogens is 3. The van der Waals surface area contributed by atoms with Crippen molar-refractivity contribution >= 4 is 17.3 Å². The lowest BCUT2D eigenvalue weighted by atomic mass is 10.0. The number of nitrogens with zero attached hydrogens (tertiary/aromatic N) is 5. The van der Waals surface area contributed by atoms with Gasteiger partial charge in [0.05, 0.1) is 18.9 Å². The lowest BCUT2D eigenvalue weighted by molar-refractivity contribution is 0.0137. The summed E-state index contributed by atoms with van der Waals surface area (Å²) in [6.45, 7) is 7.74. The van der Waals surface area contributed by atoms with Gasteiger partial charge in [-0.2, -0.15) is 4.98 Å². The largest absolute Gasteiger partial charge is 0.379 e. The van der Waals surface area contributed by atoms with Gasteiger partial charge in [0.1, 0.15) is 18.0 Å². The van der Waals surface area contributed by atoms with Gasteiger partial charge in [0.15, 0.2) is 0 Å². The second-order valence-corrected chi connectivity index (χ2v) is 8.71. The molecule has 2 aliphatic rings. The molecule has 0 bridgehead atoms. The van der Waals surface area contributed by atoms with Crippen LogP contribution < -0.4 is 10.2 Å². The van der Waals surface area contributed by atoms with Crippen LogP contribution in [0.25, 0.3) is 5.69 Å². The Kier molecular flexibility index (Phi) is 6.24.